The molecule has 7 rings (SSSR count). The Labute approximate surface area is 248 Å². The molecule has 2 atom stereocenters. The molecule has 4 aromatic carbocycles. The van der Waals surface area contributed by atoms with Gasteiger partial charge in [-0.2, -0.15) is 0 Å². The molecule has 220 valence electrons. The first-order valence-corrected chi connectivity index (χ1v) is 13.6. The topological polar surface area (TPSA) is 174 Å². The summed E-state index contributed by atoms with van der Waals surface area (Å²) in [4.78, 5) is 12.5. The highest BCUT2D eigenvalue weighted by Crippen LogP contribution is 2.47. The molecule has 1 aliphatic heterocycles. The third-order valence-electron chi connectivity index (χ3n) is 7.64. The Morgan fingerprint density at radius 3 is 2.23 bits per heavy atom. The molecule has 0 bridgehead atoms. The van der Waals surface area contributed by atoms with Crippen LogP contribution in [0.2, 0.25) is 0 Å². The maximum Gasteiger partial charge on any atom is 0.186 e. The van der Waals surface area contributed by atoms with E-state index in [4.69, 9.17) is 13.6 Å². The van der Waals surface area contributed by atoms with Crippen molar-refractivity contribution in [2.24, 2.45) is 0 Å². The molecule has 0 fully saturated rings. The van der Waals surface area contributed by atoms with Crippen LogP contribution in [0, 0.1) is 0 Å². The van der Waals surface area contributed by atoms with E-state index in [1.807, 2.05) is 0 Å². The largest absolute Gasteiger partial charge is 0.508 e. The van der Waals surface area contributed by atoms with Crippen molar-refractivity contribution in [3.05, 3.63) is 105 Å². The highest BCUT2D eigenvalue weighted by molar-refractivity contribution is 6.06. The first kappa shape index (κ1) is 27.0. The lowest BCUT2D eigenvalue weighted by Crippen LogP contribution is -2.30. The van der Waals surface area contributed by atoms with Crippen LogP contribution in [-0.4, -0.2) is 36.7 Å². The van der Waals surface area contributed by atoms with Crippen molar-refractivity contribution in [1.29, 1.82) is 0 Å². The molecular weight excluding hydrogens is 568 g/mol. The second-order valence-corrected chi connectivity index (χ2v) is 10.6. The van der Waals surface area contributed by atoms with E-state index in [1.54, 1.807) is 30.3 Å². The molecule has 2 unspecified atom stereocenters. The lowest BCUT2D eigenvalue weighted by atomic mass is 9.92. The predicted molar refractivity (Wildman–Crippen MR) is 161 cm³/mol. The third kappa shape index (κ3) is 4.63. The Morgan fingerprint density at radius 2 is 1.48 bits per heavy atom. The third-order valence-corrected chi connectivity index (χ3v) is 7.64. The molecule has 6 aromatic rings. The van der Waals surface area contributed by atoms with Crippen LogP contribution in [0.4, 0.5) is 0 Å². The van der Waals surface area contributed by atoms with Gasteiger partial charge in [-0.1, -0.05) is 6.07 Å². The van der Waals surface area contributed by atoms with Gasteiger partial charge in [0.1, 0.15) is 51.8 Å². The van der Waals surface area contributed by atoms with E-state index in [2.05, 4.69) is 0 Å². The molecule has 0 amide bonds. The van der Waals surface area contributed by atoms with Gasteiger partial charge in [-0.05, 0) is 71.6 Å². The Kier molecular flexibility index (Phi) is 6.22. The van der Waals surface area contributed by atoms with Gasteiger partial charge >= 0.3 is 0 Å². The average Bonchev–Trinajstić information content (AvgIpc) is 2.98. The zero-order valence-corrected chi connectivity index (χ0v) is 22.8. The van der Waals surface area contributed by atoms with Crippen molar-refractivity contribution in [2.45, 2.75) is 18.6 Å². The number of hydrogen-bond acceptors (Lipinski definition) is 10. The Hall–Kier alpha value is -5.87. The van der Waals surface area contributed by atoms with Crippen molar-refractivity contribution in [3.63, 3.8) is 0 Å². The molecule has 0 spiro atoms. The predicted octanol–water partition coefficient (Wildman–Crippen LogP) is 5.94. The minimum atomic E-state index is -1.10. The first-order valence-electron chi connectivity index (χ1n) is 13.6. The zero-order valence-electron chi connectivity index (χ0n) is 22.8. The van der Waals surface area contributed by atoms with Crippen LogP contribution in [0.5, 0.6) is 34.5 Å². The summed E-state index contributed by atoms with van der Waals surface area (Å²) < 4.78 is 18.1. The van der Waals surface area contributed by atoms with Crippen LogP contribution in [0.3, 0.4) is 0 Å². The monoisotopic (exact) mass is 592 g/mol. The van der Waals surface area contributed by atoms with Crippen molar-refractivity contribution in [2.75, 3.05) is 0 Å². The summed E-state index contributed by atoms with van der Waals surface area (Å²) in [5.74, 6) is -0.259. The van der Waals surface area contributed by atoms with Crippen molar-refractivity contribution < 1.29 is 44.2 Å². The number of aliphatic hydroxyl groups is 1. The fourth-order valence-electron chi connectivity index (χ4n) is 5.52. The van der Waals surface area contributed by atoms with Crippen molar-refractivity contribution >= 4 is 34.1 Å². The number of aromatic hydroxyl groups is 5. The molecule has 0 radical (unpaired) electrons. The molecule has 6 N–H and O–H groups in total. The van der Waals surface area contributed by atoms with Crippen LogP contribution in [0.25, 0.3) is 45.4 Å². The van der Waals surface area contributed by atoms with E-state index in [9.17, 15) is 35.4 Å². The summed E-state index contributed by atoms with van der Waals surface area (Å²) in [5.41, 5.74) is 1.83. The Balaban J connectivity index is 1.32. The average molecular weight is 593 g/mol. The van der Waals surface area contributed by atoms with Gasteiger partial charge in [-0.15, -0.1) is 0 Å². The fraction of sp³-hybridized carbons (Fsp3) is 0.0882. The molecule has 10 heteroatoms. The molecule has 0 saturated heterocycles. The summed E-state index contributed by atoms with van der Waals surface area (Å²) in [5, 5.41) is 62.9. The quantitative estimate of drug-likeness (QED) is 0.134. The van der Waals surface area contributed by atoms with E-state index in [-0.39, 0.29) is 63.1 Å². The normalized spacial score (nSPS) is 16.4. The van der Waals surface area contributed by atoms with E-state index >= 15 is 0 Å². The van der Waals surface area contributed by atoms with Gasteiger partial charge in [0.15, 0.2) is 16.9 Å². The Morgan fingerprint density at radius 1 is 0.727 bits per heavy atom. The smallest absolute Gasteiger partial charge is 0.186 e. The number of rotatable bonds is 4. The Bertz CT molecular complexity index is 2170. The van der Waals surface area contributed by atoms with Crippen LogP contribution in [0.15, 0.2) is 86.4 Å². The minimum Gasteiger partial charge on any atom is -0.508 e. The summed E-state index contributed by atoms with van der Waals surface area (Å²) in [6.07, 6.45) is 1.00. The summed E-state index contributed by atoms with van der Waals surface area (Å²) in [6, 6.07) is 17.9. The van der Waals surface area contributed by atoms with Gasteiger partial charge in [-0.25, -0.2) is 0 Å². The molecule has 44 heavy (non-hydrogen) atoms. The molecule has 0 aliphatic carbocycles. The number of aliphatic hydroxyl groups excluding tert-OH is 1. The number of ether oxygens (including phenoxy) is 1. The number of fused-ring (bicyclic) bond motifs is 1. The van der Waals surface area contributed by atoms with Gasteiger partial charge in [-0.3, -0.25) is 4.79 Å². The van der Waals surface area contributed by atoms with E-state index in [1.165, 1.54) is 48.5 Å². The summed E-state index contributed by atoms with van der Waals surface area (Å²) in [7, 11) is 0. The van der Waals surface area contributed by atoms with Crippen LogP contribution >= 0.6 is 0 Å². The van der Waals surface area contributed by atoms with Gasteiger partial charge in [0.05, 0.1) is 17.1 Å². The van der Waals surface area contributed by atoms with Crippen molar-refractivity contribution in [1.82, 2.24) is 0 Å². The molecule has 2 aromatic heterocycles. The number of phenolic OH excluding ortho intramolecular Hbond substituents is 5. The summed E-state index contributed by atoms with van der Waals surface area (Å²) in [6.45, 7) is 0. The second-order valence-electron chi connectivity index (χ2n) is 10.6. The van der Waals surface area contributed by atoms with Gasteiger partial charge in [0.25, 0.3) is 0 Å². The highest BCUT2D eigenvalue weighted by atomic mass is 16.5. The van der Waals surface area contributed by atoms with Gasteiger partial charge in [0, 0.05) is 35.7 Å². The molecule has 10 nitrogen and oxygen atoms in total. The fourth-order valence-corrected chi connectivity index (χ4v) is 5.52. The maximum absolute atomic E-state index is 12.5. The molecular formula is C34H24O10. The number of benzene rings is 4. The standard InChI is InChI=1S/C34H24O10/c35-19-4-1-16(2-5-19)29-11-18-9-21(42-30-12-20(36)13-31(43-29)32(18)30)6-7-22-25(38)15-26(39)23-14-28(41)33(44-34(22)23)17-3-8-24(37)27(40)10-17/h1-13,15,28,33,35,37-41H,14H2. The molecule has 3 heterocycles. The summed E-state index contributed by atoms with van der Waals surface area (Å²) >= 11 is 0. The van der Waals surface area contributed by atoms with Gasteiger partial charge < -0.3 is 44.2 Å². The lowest BCUT2D eigenvalue weighted by molar-refractivity contribution is 0.0195. The SMILES string of the molecule is O=c1cc2oc(C=Cc3c(O)cc(O)c4c3OC(c3ccc(O)c(O)c3)C(O)C4)cc3cc(-c4ccc(O)cc4)oc(c1)c32. The van der Waals surface area contributed by atoms with Crippen LogP contribution < -0.4 is 10.2 Å². The first-order chi connectivity index (χ1) is 21.1. The highest BCUT2D eigenvalue weighted by Gasteiger charge is 2.34. The van der Waals surface area contributed by atoms with Crippen LogP contribution in [-0.2, 0) is 6.42 Å². The maximum atomic E-state index is 12.5. The van der Waals surface area contributed by atoms with Crippen LogP contribution in [0.1, 0.15) is 28.6 Å². The zero-order chi connectivity index (χ0) is 30.7. The molecule has 1 aliphatic rings. The van der Waals surface area contributed by atoms with Crippen molar-refractivity contribution in [3.8, 4) is 45.8 Å². The number of phenols is 5. The second kappa shape index (κ2) is 10.1. The van der Waals surface area contributed by atoms with E-state index in [0.29, 0.717) is 39.0 Å². The molecule has 0 saturated carbocycles. The van der Waals surface area contributed by atoms with E-state index < -0.39 is 12.2 Å². The minimum absolute atomic E-state index is 0.0149. The lowest BCUT2D eigenvalue weighted by Gasteiger charge is -2.32. The van der Waals surface area contributed by atoms with E-state index in [0.717, 1.165) is 6.07 Å². The van der Waals surface area contributed by atoms with Gasteiger partial charge in [0.2, 0.25) is 0 Å². The number of hydrogen-bond donors (Lipinski definition) is 6.